The van der Waals surface area contributed by atoms with Crippen LogP contribution >= 0.6 is 11.8 Å². The van der Waals surface area contributed by atoms with Gasteiger partial charge in [0.15, 0.2) is 11.0 Å². The number of nitrogens with zero attached hydrogens (tertiary/aromatic N) is 5. The molecular formula is C16H14FN5S. The first-order valence-corrected chi connectivity index (χ1v) is 7.95. The molecule has 5 nitrogen and oxygen atoms in total. The summed E-state index contributed by atoms with van der Waals surface area (Å²) in [7, 11) is 0. The van der Waals surface area contributed by atoms with Crippen LogP contribution in [0.4, 0.5) is 4.39 Å². The number of aromatic nitrogens is 5. The van der Waals surface area contributed by atoms with Crippen LogP contribution in [0.2, 0.25) is 0 Å². The van der Waals surface area contributed by atoms with E-state index >= 15 is 0 Å². The van der Waals surface area contributed by atoms with Crippen LogP contribution < -0.4 is 0 Å². The zero-order valence-electron chi connectivity index (χ0n) is 12.3. The maximum absolute atomic E-state index is 13.7. The smallest absolute Gasteiger partial charge is 0.192 e. The summed E-state index contributed by atoms with van der Waals surface area (Å²) in [5.74, 6) is 0.876. The number of hydrogen-bond acceptors (Lipinski definition) is 5. The molecular weight excluding hydrogens is 313 g/mol. The molecule has 0 spiro atoms. The zero-order valence-corrected chi connectivity index (χ0v) is 13.1. The molecule has 23 heavy (non-hydrogen) atoms. The summed E-state index contributed by atoms with van der Waals surface area (Å²) in [6, 6.07) is 6.71. The average molecular weight is 327 g/mol. The molecule has 0 unspecified atom stereocenters. The van der Waals surface area contributed by atoms with Crippen LogP contribution in [0.15, 0.2) is 60.7 Å². The van der Waals surface area contributed by atoms with Crippen molar-refractivity contribution >= 4 is 11.8 Å². The first-order chi connectivity index (χ1) is 11.3. The van der Waals surface area contributed by atoms with Gasteiger partial charge in [0.1, 0.15) is 11.5 Å². The number of rotatable bonds is 6. The number of thioether (sulfide) groups is 1. The summed E-state index contributed by atoms with van der Waals surface area (Å²) < 4.78 is 15.6. The van der Waals surface area contributed by atoms with E-state index in [0.29, 0.717) is 34.5 Å². The summed E-state index contributed by atoms with van der Waals surface area (Å²) in [6.07, 6.45) is 6.60. The van der Waals surface area contributed by atoms with Crippen LogP contribution in [0.1, 0.15) is 5.56 Å². The molecule has 2 aromatic heterocycles. The van der Waals surface area contributed by atoms with E-state index in [0.717, 1.165) is 0 Å². The molecule has 3 rings (SSSR count). The molecule has 0 aliphatic rings. The summed E-state index contributed by atoms with van der Waals surface area (Å²) in [5, 5.41) is 9.07. The molecule has 0 aliphatic heterocycles. The molecule has 116 valence electrons. The Labute approximate surface area is 137 Å². The Hall–Kier alpha value is -2.54. The van der Waals surface area contributed by atoms with Crippen molar-refractivity contribution in [2.24, 2.45) is 0 Å². The van der Waals surface area contributed by atoms with E-state index in [1.165, 1.54) is 17.8 Å². The lowest BCUT2D eigenvalue weighted by Gasteiger charge is -2.07. The molecule has 0 fully saturated rings. The van der Waals surface area contributed by atoms with Crippen LogP contribution in [0, 0.1) is 5.82 Å². The number of benzene rings is 1. The molecule has 0 radical (unpaired) electrons. The molecule has 0 saturated carbocycles. The largest absolute Gasteiger partial charge is 0.297 e. The van der Waals surface area contributed by atoms with E-state index in [-0.39, 0.29) is 5.82 Å². The highest BCUT2D eigenvalue weighted by atomic mass is 32.2. The van der Waals surface area contributed by atoms with Gasteiger partial charge in [-0.15, -0.1) is 16.8 Å². The number of allylic oxidation sites excluding steroid dienone is 1. The monoisotopic (exact) mass is 327 g/mol. The van der Waals surface area contributed by atoms with Gasteiger partial charge in [-0.05, 0) is 11.6 Å². The topological polar surface area (TPSA) is 56.5 Å². The Morgan fingerprint density at radius 1 is 1.22 bits per heavy atom. The Morgan fingerprint density at radius 2 is 2.09 bits per heavy atom. The molecule has 2 heterocycles. The minimum absolute atomic E-state index is 0.219. The highest BCUT2D eigenvalue weighted by Gasteiger charge is 2.15. The molecule has 0 aliphatic carbocycles. The second-order valence-electron chi connectivity index (χ2n) is 4.68. The third kappa shape index (κ3) is 3.45. The molecule has 0 amide bonds. The van der Waals surface area contributed by atoms with E-state index in [9.17, 15) is 4.39 Å². The van der Waals surface area contributed by atoms with Gasteiger partial charge in [0.05, 0.1) is 6.20 Å². The van der Waals surface area contributed by atoms with Gasteiger partial charge < -0.3 is 0 Å². The van der Waals surface area contributed by atoms with Crippen LogP contribution in [-0.4, -0.2) is 24.7 Å². The van der Waals surface area contributed by atoms with Gasteiger partial charge in [0.25, 0.3) is 0 Å². The summed E-state index contributed by atoms with van der Waals surface area (Å²) >= 11 is 1.42. The first-order valence-electron chi connectivity index (χ1n) is 6.96. The van der Waals surface area contributed by atoms with Crippen molar-refractivity contribution in [1.82, 2.24) is 24.7 Å². The zero-order chi connectivity index (χ0) is 16.1. The van der Waals surface area contributed by atoms with Crippen molar-refractivity contribution in [2.75, 3.05) is 0 Å². The fraction of sp³-hybridized carbons (Fsp3) is 0.125. The van der Waals surface area contributed by atoms with Crippen molar-refractivity contribution in [3.8, 4) is 11.5 Å². The number of hydrogen-bond donors (Lipinski definition) is 0. The lowest BCUT2D eigenvalue weighted by molar-refractivity contribution is 0.617. The van der Waals surface area contributed by atoms with Crippen molar-refractivity contribution in [3.05, 3.63) is 66.9 Å². The number of halogens is 1. The van der Waals surface area contributed by atoms with Crippen molar-refractivity contribution in [1.29, 1.82) is 0 Å². The van der Waals surface area contributed by atoms with Gasteiger partial charge in [-0.25, -0.2) is 9.37 Å². The third-order valence-electron chi connectivity index (χ3n) is 3.14. The Morgan fingerprint density at radius 3 is 2.83 bits per heavy atom. The van der Waals surface area contributed by atoms with Crippen LogP contribution in [0.5, 0.6) is 0 Å². The minimum atomic E-state index is -0.219. The second kappa shape index (κ2) is 7.15. The highest BCUT2D eigenvalue weighted by molar-refractivity contribution is 7.98. The van der Waals surface area contributed by atoms with Gasteiger partial charge in [0, 0.05) is 24.7 Å². The maximum Gasteiger partial charge on any atom is 0.192 e. The predicted molar refractivity (Wildman–Crippen MR) is 87.2 cm³/mol. The molecule has 1 aromatic carbocycles. The molecule has 0 atom stereocenters. The first kappa shape index (κ1) is 15.4. The Balaban J connectivity index is 1.86. The minimum Gasteiger partial charge on any atom is -0.297 e. The van der Waals surface area contributed by atoms with Crippen LogP contribution in [0.25, 0.3) is 11.5 Å². The van der Waals surface area contributed by atoms with Crippen molar-refractivity contribution < 1.29 is 4.39 Å². The van der Waals surface area contributed by atoms with Gasteiger partial charge in [-0.2, -0.15) is 0 Å². The standard InChI is InChI=1S/C16H14FN5S/c1-2-9-22-15(14-10-18-7-8-19-14)20-21-16(22)23-11-12-5-3-4-6-13(12)17/h2-8,10H,1,9,11H2. The van der Waals surface area contributed by atoms with Gasteiger partial charge in [-0.3, -0.25) is 9.55 Å². The predicted octanol–water partition coefficient (Wildman–Crippen LogP) is 3.35. The lowest BCUT2D eigenvalue weighted by Crippen LogP contribution is -2.02. The van der Waals surface area contributed by atoms with Crippen LogP contribution in [-0.2, 0) is 12.3 Å². The Kier molecular flexibility index (Phi) is 4.77. The highest BCUT2D eigenvalue weighted by Crippen LogP contribution is 2.26. The quantitative estimate of drug-likeness (QED) is 0.513. The van der Waals surface area contributed by atoms with E-state index in [2.05, 4.69) is 26.7 Å². The van der Waals surface area contributed by atoms with Crippen LogP contribution in [0.3, 0.4) is 0 Å². The van der Waals surface area contributed by atoms with Gasteiger partial charge >= 0.3 is 0 Å². The second-order valence-corrected chi connectivity index (χ2v) is 5.62. The molecule has 0 saturated heterocycles. The lowest BCUT2D eigenvalue weighted by atomic mass is 10.2. The Bertz CT molecular complexity index is 803. The fourth-order valence-electron chi connectivity index (χ4n) is 2.05. The molecule has 7 heteroatoms. The van der Waals surface area contributed by atoms with E-state index < -0.39 is 0 Å². The summed E-state index contributed by atoms with van der Waals surface area (Å²) in [6.45, 7) is 4.30. The van der Waals surface area contributed by atoms with E-state index in [4.69, 9.17) is 0 Å². The molecule has 0 N–H and O–H groups in total. The fourth-order valence-corrected chi connectivity index (χ4v) is 2.99. The summed E-state index contributed by atoms with van der Waals surface area (Å²) in [4.78, 5) is 8.30. The molecule has 0 bridgehead atoms. The summed E-state index contributed by atoms with van der Waals surface area (Å²) in [5.41, 5.74) is 1.27. The van der Waals surface area contributed by atoms with E-state index in [1.54, 1.807) is 36.8 Å². The maximum atomic E-state index is 13.7. The van der Waals surface area contributed by atoms with Crippen molar-refractivity contribution in [3.63, 3.8) is 0 Å². The molecule has 3 aromatic rings. The normalized spacial score (nSPS) is 10.7. The van der Waals surface area contributed by atoms with Gasteiger partial charge in [0.2, 0.25) is 0 Å². The average Bonchev–Trinajstić information content (AvgIpc) is 2.98. The van der Waals surface area contributed by atoms with Crippen molar-refractivity contribution in [2.45, 2.75) is 17.5 Å². The van der Waals surface area contributed by atoms with Gasteiger partial charge in [-0.1, -0.05) is 36.0 Å². The SMILES string of the molecule is C=CCn1c(SCc2ccccc2F)nnc1-c1cnccn1. The third-order valence-corrected chi connectivity index (χ3v) is 4.15. The van der Waals surface area contributed by atoms with E-state index in [1.807, 2.05) is 10.6 Å².